The van der Waals surface area contributed by atoms with Crippen molar-refractivity contribution in [2.24, 2.45) is 0 Å². The van der Waals surface area contributed by atoms with Gasteiger partial charge in [0.2, 0.25) is 0 Å². The molecule has 6 heteroatoms. The molecule has 0 aliphatic carbocycles. The third-order valence-corrected chi connectivity index (χ3v) is 1.27. The molecule has 0 amide bonds. The summed E-state index contributed by atoms with van der Waals surface area (Å²) >= 11 is 0. The van der Waals surface area contributed by atoms with Gasteiger partial charge in [-0.1, -0.05) is 0 Å². The molecular weight excluding hydrogens is 162 g/mol. The molecule has 6 nitrogen and oxygen atoms in total. The highest BCUT2D eigenvalue weighted by atomic mass is 16.3. The lowest BCUT2D eigenvalue weighted by atomic mass is 10.6. The second-order valence-corrected chi connectivity index (χ2v) is 2.13. The number of H-pyrrole nitrogens is 1. The van der Waals surface area contributed by atoms with E-state index in [-0.39, 0.29) is 0 Å². The second-order valence-electron chi connectivity index (χ2n) is 2.13. The molecule has 1 rings (SSSR count). The lowest BCUT2D eigenvalue weighted by Crippen LogP contribution is -2.40. The molecule has 0 unspecified atom stereocenters. The van der Waals surface area contributed by atoms with Crippen LogP contribution in [0.5, 0.6) is 5.75 Å². The number of rotatable bonds is 2. The molecule has 0 fully saturated rings. The van der Waals surface area contributed by atoms with Gasteiger partial charge < -0.3 is 15.5 Å². The monoisotopic (exact) mass is 171 g/mol. The molecule has 0 spiro atoms. The molecule has 0 aliphatic heterocycles. The van der Waals surface area contributed by atoms with Gasteiger partial charge in [-0.25, -0.2) is 4.79 Å². The van der Waals surface area contributed by atoms with Crippen LogP contribution in [0.15, 0.2) is 15.8 Å². The van der Waals surface area contributed by atoms with Gasteiger partial charge in [0.25, 0.3) is 0 Å². The van der Waals surface area contributed by atoms with Crippen LogP contribution in [-0.2, 0) is 0 Å². The van der Waals surface area contributed by atoms with Crippen molar-refractivity contribution >= 4 is 0 Å². The quantitative estimate of drug-likeness (QED) is 0.522. The number of aromatic amines is 1. The van der Waals surface area contributed by atoms with Crippen molar-refractivity contribution in [2.75, 3.05) is 12.0 Å². The van der Waals surface area contributed by atoms with Crippen LogP contribution in [0.25, 0.3) is 0 Å². The Bertz CT molecular complexity index is 378. The highest BCUT2D eigenvalue weighted by Gasteiger charge is 2.03. The Balaban J connectivity index is 3.34. The van der Waals surface area contributed by atoms with Crippen molar-refractivity contribution in [2.45, 2.75) is 6.92 Å². The van der Waals surface area contributed by atoms with E-state index >= 15 is 0 Å². The number of nitrogens with zero attached hydrogens (tertiary/aromatic N) is 1. The smallest absolute Gasteiger partial charge is 0.347 e. The van der Waals surface area contributed by atoms with Crippen molar-refractivity contribution in [1.82, 2.24) is 9.66 Å². The minimum absolute atomic E-state index is 0.423. The Labute approximate surface area is 67.4 Å². The SMILES string of the molecule is CCNn1c(=O)[nH]cc(O)c1=O. The highest BCUT2D eigenvalue weighted by Crippen LogP contribution is 1.89. The fourth-order valence-electron chi connectivity index (χ4n) is 0.765. The van der Waals surface area contributed by atoms with Gasteiger partial charge in [-0.15, -0.1) is 0 Å². The Morgan fingerprint density at radius 2 is 2.33 bits per heavy atom. The molecule has 3 N–H and O–H groups in total. The molecule has 0 saturated carbocycles. The van der Waals surface area contributed by atoms with E-state index in [1.54, 1.807) is 6.92 Å². The fraction of sp³-hybridized carbons (Fsp3) is 0.333. The summed E-state index contributed by atoms with van der Waals surface area (Å²) in [5.41, 5.74) is 1.14. The minimum atomic E-state index is -0.749. The minimum Gasteiger partial charge on any atom is -0.502 e. The maximum atomic E-state index is 11.0. The largest absolute Gasteiger partial charge is 0.502 e. The molecule has 1 aromatic heterocycles. The van der Waals surface area contributed by atoms with Crippen LogP contribution >= 0.6 is 0 Å². The van der Waals surface area contributed by atoms with Crippen molar-refractivity contribution in [1.29, 1.82) is 0 Å². The summed E-state index contributed by atoms with van der Waals surface area (Å²) in [6.45, 7) is 2.16. The third-order valence-electron chi connectivity index (χ3n) is 1.27. The van der Waals surface area contributed by atoms with E-state index in [1.807, 2.05) is 0 Å². The van der Waals surface area contributed by atoms with Crippen LogP contribution in [0.1, 0.15) is 6.92 Å². The summed E-state index contributed by atoms with van der Waals surface area (Å²) < 4.78 is 0.718. The molecule has 66 valence electrons. The van der Waals surface area contributed by atoms with Crippen molar-refractivity contribution < 1.29 is 5.11 Å². The van der Waals surface area contributed by atoms with E-state index in [9.17, 15) is 9.59 Å². The van der Waals surface area contributed by atoms with Crippen LogP contribution in [0.4, 0.5) is 0 Å². The van der Waals surface area contributed by atoms with Gasteiger partial charge in [0, 0.05) is 6.54 Å². The molecule has 0 saturated heterocycles. The molecule has 1 aromatic rings. The Morgan fingerprint density at radius 1 is 1.67 bits per heavy atom. The number of hydrogen-bond acceptors (Lipinski definition) is 4. The van der Waals surface area contributed by atoms with Crippen LogP contribution in [-0.4, -0.2) is 21.3 Å². The first-order valence-electron chi connectivity index (χ1n) is 3.44. The molecule has 0 aromatic carbocycles. The van der Waals surface area contributed by atoms with E-state index in [4.69, 9.17) is 5.11 Å². The standard InChI is InChI=1S/C6H9N3O3/c1-2-8-9-5(11)4(10)3-7-6(9)12/h3,8,10H,2H2,1H3,(H,7,12). The van der Waals surface area contributed by atoms with E-state index in [2.05, 4.69) is 10.4 Å². The van der Waals surface area contributed by atoms with Gasteiger partial charge >= 0.3 is 11.2 Å². The van der Waals surface area contributed by atoms with Crippen LogP contribution in [0.2, 0.25) is 0 Å². The average Bonchev–Trinajstić information content (AvgIpc) is 2.06. The van der Waals surface area contributed by atoms with Crippen molar-refractivity contribution in [3.63, 3.8) is 0 Å². The zero-order valence-corrected chi connectivity index (χ0v) is 6.50. The zero-order chi connectivity index (χ0) is 9.14. The molecular formula is C6H9N3O3. The van der Waals surface area contributed by atoms with Crippen LogP contribution in [0, 0.1) is 0 Å². The van der Waals surface area contributed by atoms with E-state index in [0.29, 0.717) is 6.54 Å². The summed E-state index contributed by atoms with van der Waals surface area (Å²) in [6.07, 6.45) is 0.957. The van der Waals surface area contributed by atoms with Crippen molar-refractivity contribution in [3.05, 3.63) is 27.0 Å². The first-order valence-corrected chi connectivity index (χ1v) is 3.44. The summed E-state index contributed by atoms with van der Waals surface area (Å²) in [5.74, 6) is -0.490. The number of hydrogen-bond donors (Lipinski definition) is 3. The first kappa shape index (κ1) is 8.38. The van der Waals surface area contributed by atoms with Crippen LogP contribution < -0.4 is 16.7 Å². The van der Waals surface area contributed by atoms with Gasteiger partial charge in [0.05, 0.1) is 6.20 Å². The maximum absolute atomic E-state index is 11.0. The predicted molar refractivity (Wildman–Crippen MR) is 42.9 cm³/mol. The predicted octanol–water partition coefficient (Wildman–Crippen LogP) is -1.19. The first-order chi connectivity index (χ1) is 5.66. The molecule has 12 heavy (non-hydrogen) atoms. The molecule has 0 radical (unpaired) electrons. The topological polar surface area (TPSA) is 87.1 Å². The highest BCUT2D eigenvalue weighted by molar-refractivity contribution is 5.09. The number of nitrogens with one attached hydrogen (secondary N) is 2. The second kappa shape index (κ2) is 3.12. The van der Waals surface area contributed by atoms with E-state index < -0.39 is 17.0 Å². The number of aromatic nitrogens is 2. The molecule has 0 aliphatic rings. The van der Waals surface area contributed by atoms with Gasteiger partial charge in [-0.3, -0.25) is 4.79 Å². The average molecular weight is 171 g/mol. The lowest BCUT2D eigenvalue weighted by molar-refractivity contribution is 0.455. The van der Waals surface area contributed by atoms with Gasteiger partial charge in [0.15, 0.2) is 5.75 Å². The maximum Gasteiger partial charge on any atom is 0.347 e. The van der Waals surface area contributed by atoms with E-state index in [1.165, 1.54) is 0 Å². The Hall–Kier alpha value is -1.72. The normalized spacial score (nSPS) is 9.75. The van der Waals surface area contributed by atoms with Gasteiger partial charge in [-0.05, 0) is 6.92 Å². The Kier molecular flexibility index (Phi) is 2.18. The van der Waals surface area contributed by atoms with Gasteiger partial charge in [-0.2, -0.15) is 4.68 Å². The summed E-state index contributed by atoms with van der Waals surface area (Å²) in [5, 5.41) is 8.91. The lowest BCUT2D eigenvalue weighted by Gasteiger charge is -2.03. The fourth-order valence-corrected chi connectivity index (χ4v) is 0.765. The van der Waals surface area contributed by atoms with E-state index in [0.717, 1.165) is 10.9 Å². The van der Waals surface area contributed by atoms with Gasteiger partial charge in [0.1, 0.15) is 0 Å². The van der Waals surface area contributed by atoms with Crippen molar-refractivity contribution in [3.8, 4) is 5.75 Å². The zero-order valence-electron chi connectivity index (χ0n) is 6.50. The molecule has 1 heterocycles. The van der Waals surface area contributed by atoms with Crippen LogP contribution in [0.3, 0.4) is 0 Å². The summed E-state index contributed by atoms with van der Waals surface area (Å²) in [6, 6.07) is 0. The molecule has 0 atom stereocenters. The number of aromatic hydroxyl groups is 1. The summed E-state index contributed by atoms with van der Waals surface area (Å²) in [7, 11) is 0. The Morgan fingerprint density at radius 3 is 2.92 bits per heavy atom. The molecule has 0 bridgehead atoms. The third kappa shape index (κ3) is 1.31. The summed E-state index contributed by atoms with van der Waals surface area (Å²) in [4.78, 5) is 24.1.